The predicted molar refractivity (Wildman–Crippen MR) is 59.3 cm³/mol. The maximum atomic E-state index is 11.6. The Hall–Kier alpha value is -2.17. The summed E-state index contributed by atoms with van der Waals surface area (Å²) in [7, 11) is 1.55. The van der Waals surface area contributed by atoms with E-state index in [4.69, 9.17) is 4.74 Å². The van der Waals surface area contributed by atoms with Gasteiger partial charge in [-0.25, -0.2) is 9.36 Å². The lowest BCUT2D eigenvalue weighted by Crippen LogP contribution is -2.14. The zero-order chi connectivity index (χ0) is 11.7. The molecule has 0 aliphatic heterocycles. The van der Waals surface area contributed by atoms with E-state index in [9.17, 15) is 9.90 Å². The molecule has 0 atom stereocenters. The van der Waals surface area contributed by atoms with E-state index in [1.807, 2.05) is 0 Å². The Morgan fingerprint density at radius 2 is 2.19 bits per heavy atom. The van der Waals surface area contributed by atoms with Crippen molar-refractivity contribution < 1.29 is 9.84 Å². The Balaban J connectivity index is 2.62. The number of nitrogens with one attached hydrogen (secondary N) is 1. The zero-order valence-electron chi connectivity index (χ0n) is 9.02. The number of aromatic nitrogens is 2. The fourth-order valence-electron chi connectivity index (χ4n) is 1.53. The van der Waals surface area contributed by atoms with E-state index < -0.39 is 0 Å². The van der Waals surface area contributed by atoms with Gasteiger partial charge < -0.3 is 14.8 Å². The van der Waals surface area contributed by atoms with E-state index in [-0.39, 0.29) is 11.6 Å². The highest BCUT2D eigenvalue weighted by atomic mass is 16.5. The minimum absolute atomic E-state index is 0.0850. The number of H-pyrrole nitrogens is 1. The summed E-state index contributed by atoms with van der Waals surface area (Å²) in [6.45, 7) is 1.63. The van der Waals surface area contributed by atoms with E-state index in [0.717, 1.165) is 0 Å². The molecular formula is C11H12N2O3. The number of aromatic hydroxyl groups is 1. The molecule has 2 aromatic rings. The molecule has 0 unspecified atom stereocenters. The molecule has 5 nitrogen and oxygen atoms in total. The molecule has 5 heteroatoms. The molecule has 0 aliphatic rings. The smallest absolute Gasteiger partial charge is 0.333 e. The highest BCUT2D eigenvalue weighted by Crippen LogP contribution is 2.20. The first-order chi connectivity index (χ1) is 7.63. The third kappa shape index (κ3) is 1.56. The molecule has 0 aliphatic carbocycles. The number of benzene rings is 1. The lowest BCUT2D eigenvalue weighted by molar-refractivity contribution is 0.413. The van der Waals surface area contributed by atoms with Crippen molar-refractivity contribution in [3.05, 3.63) is 40.4 Å². The molecule has 0 saturated heterocycles. The minimum Gasteiger partial charge on any atom is -0.497 e. The van der Waals surface area contributed by atoms with Gasteiger partial charge in [0.1, 0.15) is 5.75 Å². The van der Waals surface area contributed by atoms with Gasteiger partial charge in [-0.3, -0.25) is 0 Å². The molecular weight excluding hydrogens is 208 g/mol. The number of hydrogen-bond donors (Lipinski definition) is 2. The van der Waals surface area contributed by atoms with Crippen LogP contribution in [0.15, 0.2) is 29.1 Å². The second-order valence-corrected chi connectivity index (χ2v) is 3.42. The van der Waals surface area contributed by atoms with E-state index in [1.165, 1.54) is 4.57 Å². The van der Waals surface area contributed by atoms with Crippen LogP contribution >= 0.6 is 0 Å². The summed E-state index contributed by atoms with van der Waals surface area (Å²) in [4.78, 5) is 14.1. The number of nitrogens with zero attached hydrogens (tertiary/aromatic N) is 1. The maximum absolute atomic E-state index is 11.6. The van der Waals surface area contributed by atoms with Crippen LogP contribution in [0.2, 0.25) is 0 Å². The van der Waals surface area contributed by atoms with Gasteiger partial charge in [-0.2, -0.15) is 0 Å². The summed E-state index contributed by atoms with van der Waals surface area (Å²) >= 11 is 0. The molecule has 0 amide bonds. The van der Waals surface area contributed by atoms with Crippen molar-refractivity contribution in [1.82, 2.24) is 9.55 Å². The number of rotatable bonds is 2. The van der Waals surface area contributed by atoms with Gasteiger partial charge in [0.05, 0.1) is 18.5 Å². The van der Waals surface area contributed by atoms with Crippen LogP contribution in [0, 0.1) is 6.92 Å². The van der Waals surface area contributed by atoms with Crippen LogP contribution in [-0.2, 0) is 0 Å². The highest BCUT2D eigenvalue weighted by Gasteiger charge is 2.11. The average molecular weight is 220 g/mol. The Bertz CT molecular complexity index is 569. The number of hydrogen-bond acceptors (Lipinski definition) is 3. The van der Waals surface area contributed by atoms with Crippen LogP contribution in [0.1, 0.15) is 5.69 Å². The molecule has 2 rings (SSSR count). The normalized spacial score (nSPS) is 10.4. The molecule has 1 aromatic heterocycles. The first-order valence-electron chi connectivity index (χ1n) is 4.78. The standard InChI is InChI=1S/C11H12N2O3/c1-7-10(14)13(11(15)12-7)8-4-3-5-9(6-8)16-2/h3-6,14H,1-2H3,(H,12,15). The Morgan fingerprint density at radius 1 is 1.44 bits per heavy atom. The Kier molecular flexibility index (Phi) is 2.44. The van der Waals surface area contributed by atoms with E-state index >= 15 is 0 Å². The van der Waals surface area contributed by atoms with Crippen molar-refractivity contribution in [2.45, 2.75) is 6.92 Å². The van der Waals surface area contributed by atoms with Gasteiger partial charge in [-0.1, -0.05) is 6.07 Å². The van der Waals surface area contributed by atoms with E-state index in [2.05, 4.69) is 4.98 Å². The van der Waals surface area contributed by atoms with Crippen molar-refractivity contribution in [2.24, 2.45) is 0 Å². The van der Waals surface area contributed by atoms with Gasteiger partial charge in [-0.15, -0.1) is 0 Å². The molecule has 0 spiro atoms. The zero-order valence-corrected chi connectivity index (χ0v) is 9.02. The predicted octanol–water partition coefficient (Wildman–Crippen LogP) is 1.19. The second-order valence-electron chi connectivity index (χ2n) is 3.42. The third-order valence-corrected chi connectivity index (χ3v) is 2.36. The van der Waals surface area contributed by atoms with Crippen molar-refractivity contribution in [2.75, 3.05) is 7.11 Å². The van der Waals surface area contributed by atoms with Crippen molar-refractivity contribution in [3.63, 3.8) is 0 Å². The summed E-state index contributed by atoms with van der Waals surface area (Å²) in [5.41, 5.74) is 0.627. The third-order valence-electron chi connectivity index (χ3n) is 2.36. The van der Waals surface area contributed by atoms with Crippen LogP contribution in [0.3, 0.4) is 0 Å². The van der Waals surface area contributed by atoms with Gasteiger partial charge in [0.25, 0.3) is 0 Å². The van der Waals surface area contributed by atoms with E-state index in [0.29, 0.717) is 17.1 Å². The highest BCUT2D eigenvalue weighted by molar-refractivity contribution is 5.42. The van der Waals surface area contributed by atoms with E-state index in [1.54, 1.807) is 38.3 Å². The summed E-state index contributed by atoms with van der Waals surface area (Å²) in [6.07, 6.45) is 0. The minimum atomic E-state index is -0.372. The topological polar surface area (TPSA) is 67.2 Å². The quantitative estimate of drug-likeness (QED) is 0.798. The summed E-state index contributed by atoms with van der Waals surface area (Å²) < 4.78 is 6.25. The number of aryl methyl sites for hydroxylation is 1. The van der Waals surface area contributed by atoms with Crippen LogP contribution in [0.25, 0.3) is 5.69 Å². The Labute approximate surface area is 91.9 Å². The molecule has 1 heterocycles. The second kappa shape index (κ2) is 3.77. The first-order valence-corrected chi connectivity index (χ1v) is 4.78. The molecule has 84 valence electrons. The first kappa shape index (κ1) is 10.4. The number of methoxy groups -OCH3 is 1. The molecule has 16 heavy (non-hydrogen) atoms. The number of ether oxygens (including phenoxy) is 1. The maximum Gasteiger partial charge on any atom is 0.333 e. The lowest BCUT2D eigenvalue weighted by Gasteiger charge is -2.05. The van der Waals surface area contributed by atoms with Gasteiger partial charge in [0.15, 0.2) is 0 Å². The summed E-state index contributed by atoms with van der Waals surface area (Å²) in [5.74, 6) is 0.543. The molecule has 0 saturated carbocycles. The number of aromatic amines is 1. The number of imidazole rings is 1. The molecule has 0 radical (unpaired) electrons. The van der Waals surface area contributed by atoms with Gasteiger partial charge in [0.2, 0.25) is 5.88 Å². The molecule has 0 fully saturated rings. The van der Waals surface area contributed by atoms with Crippen molar-refractivity contribution in [1.29, 1.82) is 0 Å². The average Bonchev–Trinajstić information content (AvgIpc) is 2.53. The van der Waals surface area contributed by atoms with Gasteiger partial charge >= 0.3 is 5.69 Å². The van der Waals surface area contributed by atoms with Gasteiger partial charge in [0, 0.05) is 6.07 Å². The fourth-order valence-corrected chi connectivity index (χ4v) is 1.53. The fraction of sp³-hybridized carbons (Fsp3) is 0.182. The lowest BCUT2D eigenvalue weighted by atomic mass is 10.3. The SMILES string of the molecule is COc1cccc(-n2c(O)c(C)[nH]c2=O)c1. The monoisotopic (exact) mass is 220 g/mol. The molecule has 2 N–H and O–H groups in total. The van der Waals surface area contributed by atoms with Crippen LogP contribution in [0.5, 0.6) is 11.6 Å². The van der Waals surface area contributed by atoms with Crippen LogP contribution in [0.4, 0.5) is 0 Å². The summed E-state index contributed by atoms with van der Waals surface area (Å²) in [5, 5.41) is 9.73. The Morgan fingerprint density at radius 3 is 2.75 bits per heavy atom. The van der Waals surface area contributed by atoms with Crippen LogP contribution in [-0.4, -0.2) is 21.8 Å². The van der Waals surface area contributed by atoms with Gasteiger partial charge in [-0.05, 0) is 19.1 Å². The van der Waals surface area contributed by atoms with Crippen molar-refractivity contribution >= 4 is 0 Å². The molecule has 1 aromatic carbocycles. The summed E-state index contributed by atoms with van der Waals surface area (Å²) in [6, 6.07) is 6.92. The van der Waals surface area contributed by atoms with Crippen LogP contribution < -0.4 is 10.4 Å². The largest absolute Gasteiger partial charge is 0.497 e. The van der Waals surface area contributed by atoms with Crippen molar-refractivity contribution in [3.8, 4) is 17.3 Å². The molecule has 0 bridgehead atoms.